The standard InChI is InChI=1S/C48H46N2/c1-32-14-13-20-39-41(30-32)47(37-26-24-35(25-27-37)34-16-5-3-6-17-34)40-29-28-38(31-42(40)46(39)36-18-7-4-8-19-36)48-49-43-21-10-12-23-45(43)50(48)44-22-11-9-15-33(44)2/h3-7,9,11-16,18,20,22-34,44,48-49H,8,10,17,19,21H2,1-2H3/t32?,33-,34?,44?,48?/m1/s1. The molecule has 4 unspecified atom stereocenters. The van der Waals surface area contributed by atoms with Crippen molar-refractivity contribution < 1.29 is 0 Å². The average Bonchev–Trinajstić information content (AvgIpc) is 3.44. The van der Waals surface area contributed by atoms with Gasteiger partial charge in [0, 0.05) is 11.6 Å². The molecule has 3 aromatic carbocycles. The number of allylic oxidation sites excluding steroid dienone is 15. The summed E-state index contributed by atoms with van der Waals surface area (Å²) in [5.41, 5.74) is 10.9. The minimum Gasteiger partial charge on any atom is -0.363 e. The molecular weight excluding hydrogens is 605 g/mol. The fourth-order valence-electron chi connectivity index (χ4n) is 8.94. The molecule has 6 aliphatic rings. The first-order chi connectivity index (χ1) is 24.6. The van der Waals surface area contributed by atoms with Gasteiger partial charge in [-0.15, -0.1) is 0 Å². The molecule has 0 fully saturated rings. The molecule has 5 aliphatic carbocycles. The van der Waals surface area contributed by atoms with Gasteiger partial charge in [-0.2, -0.15) is 0 Å². The van der Waals surface area contributed by atoms with Crippen molar-refractivity contribution in [1.29, 1.82) is 0 Å². The van der Waals surface area contributed by atoms with Crippen LogP contribution in [0.4, 0.5) is 0 Å². The second-order valence-corrected chi connectivity index (χ2v) is 14.8. The van der Waals surface area contributed by atoms with Gasteiger partial charge in [-0.3, -0.25) is 0 Å². The predicted octanol–water partition coefficient (Wildman–Crippen LogP) is 10.2. The summed E-state index contributed by atoms with van der Waals surface area (Å²) in [4.78, 5) is 2.65. The van der Waals surface area contributed by atoms with Crippen molar-refractivity contribution in [3.8, 4) is 11.1 Å². The van der Waals surface area contributed by atoms with E-state index in [2.05, 4.69) is 170 Å². The van der Waals surface area contributed by atoms with Crippen molar-refractivity contribution in [2.24, 2.45) is 11.8 Å². The number of nitrogens with one attached hydrogen (secondary N) is 1. The Balaban J connectivity index is 1.27. The lowest BCUT2D eigenvalue weighted by Gasteiger charge is -2.38. The highest BCUT2D eigenvalue weighted by atomic mass is 15.3. The van der Waals surface area contributed by atoms with Gasteiger partial charge in [-0.05, 0) is 111 Å². The molecule has 5 atom stereocenters. The van der Waals surface area contributed by atoms with Crippen molar-refractivity contribution in [2.45, 2.75) is 64.1 Å². The molecule has 9 rings (SSSR count). The van der Waals surface area contributed by atoms with Crippen LogP contribution in [-0.4, -0.2) is 10.9 Å². The van der Waals surface area contributed by atoms with Crippen LogP contribution in [0, 0.1) is 11.8 Å². The van der Waals surface area contributed by atoms with Crippen LogP contribution >= 0.6 is 0 Å². The molecule has 50 heavy (non-hydrogen) atoms. The van der Waals surface area contributed by atoms with Crippen LogP contribution in [-0.2, 0) is 0 Å². The van der Waals surface area contributed by atoms with Gasteiger partial charge in [0.2, 0.25) is 0 Å². The van der Waals surface area contributed by atoms with Crippen LogP contribution in [0.1, 0.15) is 74.7 Å². The van der Waals surface area contributed by atoms with Crippen LogP contribution in [0.5, 0.6) is 0 Å². The average molecular weight is 651 g/mol. The second kappa shape index (κ2) is 13.0. The van der Waals surface area contributed by atoms with Gasteiger partial charge in [-0.25, -0.2) is 0 Å². The van der Waals surface area contributed by atoms with Gasteiger partial charge >= 0.3 is 0 Å². The monoisotopic (exact) mass is 650 g/mol. The summed E-state index contributed by atoms with van der Waals surface area (Å²) in [6, 6.07) is 17.1. The number of benzene rings is 3. The first-order valence-electron chi connectivity index (χ1n) is 18.7. The van der Waals surface area contributed by atoms with E-state index in [0.717, 1.165) is 32.1 Å². The van der Waals surface area contributed by atoms with Gasteiger partial charge in [0.1, 0.15) is 6.17 Å². The van der Waals surface area contributed by atoms with E-state index in [1.807, 2.05) is 0 Å². The topological polar surface area (TPSA) is 15.3 Å². The molecule has 0 radical (unpaired) electrons. The molecule has 248 valence electrons. The van der Waals surface area contributed by atoms with E-state index < -0.39 is 0 Å². The second-order valence-electron chi connectivity index (χ2n) is 14.8. The summed E-state index contributed by atoms with van der Waals surface area (Å²) in [6.45, 7) is 4.66. The van der Waals surface area contributed by atoms with Crippen LogP contribution in [0.15, 0.2) is 145 Å². The van der Waals surface area contributed by atoms with Crippen molar-refractivity contribution in [3.05, 3.63) is 172 Å². The van der Waals surface area contributed by atoms with E-state index in [4.69, 9.17) is 0 Å². The SMILES string of the molecule is CC1C=CC=c2c(C3=CC=CCC3)c3cc(C4NC5=C(C=CCC5)N4C4C=CC=C[C@H]4C)ccc3c(-c3ccc(C4C=CC=CC4)cc3)c2=C1. The van der Waals surface area contributed by atoms with Crippen molar-refractivity contribution in [1.82, 2.24) is 10.2 Å². The first kappa shape index (κ1) is 30.9. The molecule has 1 N–H and O–H groups in total. The van der Waals surface area contributed by atoms with Crippen molar-refractivity contribution in [3.63, 3.8) is 0 Å². The van der Waals surface area contributed by atoms with E-state index >= 15 is 0 Å². The molecule has 0 amide bonds. The normalized spacial score (nSPS) is 26.3. The van der Waals surface area contributed by atoms with E-state index in [1.54, 1.807) is 0 Å². The quantitative estimate of drug-likeness (QED) is 0.296. The molecule has 1 heterocycles. The van der Waals surface area contributed by atoms with Gasteiger partial charge in [0.15, 0.2) is 0 Å². The summed E-state index contributed by atoms with van der Waals surface area (Å²) < 4.78 is 0. The lowest BCUT2D eigenvalue weighted by atomic mass is 9.84. The Kier molecular flexibility index (Phi) is 8.04. The lowest BCUT2D eigenvalue weighted by molar-refractivity contribution is 0.198. The maximum absolute atomic E-state index is 4.04. The third-order valence-electron chi connectivity index (χ3n) is 11.5. The minimum absolute atomic E-state index is 0.0680. The summed E-state index contributed by atoms with van der Waals surface area (Å²) in [6.07, 6.45) is 44.7. The van der Waals surface area contributed by atoms with Crippen molar-refractivity contribution in [2.75, 3.05) is 0 Å². The van der Waals surface area contributed by atoms with Gasteiger partial charge in [0.25, 0.3) is 0 Å². The van der Waals surface area contributed by atoms with E-state index in [-0.39, 0.29) is 6.17 Å². The smallest absolute Gasteiger partial charge is 0.126 e. The highest BCUT2D eigenvalue weighted by Crippen LogP contribution is 2.42. The Morgan fingerprint density at radius 3 is 2.34 bits per heavy atom. The number of nitrogens with zero attached hydrogens (tertiary/aromatic N) is 1. The third-order valence-corrected chi connectivity index (χ3v) is 11.5. The molecule has 0 bridgehead atoms. The summed E-state index contributed by atoms with van der Waals surface area (Å²) in [7, 11) is 0. The van der Waals surface area contributed by atoms with Gasteiger partial charge in [-0.1, -0.05) is 147 Å². The molecule has 0 saturated heterocycles. The zero-order chi connectivity index (χ0) is 33.6. The first-order valence-corrected chi connectivity index (χ1v) is 18.7. The van der Waals surface area contributed by atoms with E-state index in [0.29, 0.717) is 23.8 Å². The van der Waals surface area contributed by atoms with Crippen LogP contribution in [0.2, 0.25) is 0 Å². The Bertz CT molecular complexity index is 2260. The molecule has 0 saturated carbocycles. The Hall–Kier alpha value is -5.08. The maximum Gasteiger partial charge on any atom is 0.126 e. The fourth-order valence-corrected chi connectivity index (χ4v) is 8.94. The Labute approximate surface area is 297 Å². The Morgan fingerprint density at radius 1 is 0.680 bits per heavy atom. The van der Waals surface area contributed by atoms with E-state index in [1.165, 1.54) is 66.0 Å². The minimum atomic E-state index is 0.0680. The van der Waals surface area contributed by atoms with Crippen LogP contribution < -0.4 is 15.8 Å². The van der Waals surface area contributed by atoms with Gasteiger partial charge in [0.05, 0.1) is 11.7 Å². The molecule has 0 spiro atoms. The number of hydrogen-bond acceptors (Lipinski definition) is 2. The largest absolute Gasteiger partial charge is 0.363 e. The fraction of sp³-hybridized carbons (Fsp3) is 0.250. The van der Waals surface area contributed by atoms with Gasteiger partial charge < -0.3 is 10.2 Å². The van der Waals surface area contributed by atoms with Crippen molar-refractivity contribution >= 4 is 28.5 Å². The highest BCUT2D eigenvalue weighted by Gasteiger charge is 2.38. The predicted molar refractivity (Wildman–Crippen MR) is 212 cm³/mol. The molecular formula is C48H46N2. The summed E-state index contributed by atoms with van der Waals surface area (Å²) >= 11 is 0. The molecule has 1 aliphatic heterocycles. The van der Waals surface area contributed by atoms with E-state index in [9.17, 15) is 0 Å². The maximum atomic E-state index is 4.04. The summed E-state index contributed by atoms with van der Waals surface area (Å²) in [5.74, 6) is 1.21. The Morgan fingerprint density at radius 2 is 1.52 bits per heavy atom. The number of rotatable bonds is 5. The molecule has 2 nitrogen and oxygen atoms in total. The zero-order valence-corrected chi connectivity index (χ0v) is 29.2. The lowest BCUT2D eigenvalue weighted by Crippen LogP contribution is -2.40. The van der Waals surface area contributed by atoms with Crippen LogP contribution in [0.25, 0.3) is 39.6 Å². The molecule has 3 aromatic rings. The number of hydrogen-bond donors (Lipinski definition) is 1. The number of fused-ring (bicyclic) bond motifs is 2. The molecule has 0 aromatic heterocycles. The third kappa shape index (κ3) is 5.42. The zero-order valence-electron chi connectivity index (χ0n) is 29.2. The van der Waals surface area contributed by atoms with Crippen LogP contribution in [0.3, 0.4) is 0 Å². The molecule has 2 heteroatoms. The highest BCUT2D eigenvalue weighted by molar-refractivity contribution is 6.04. The summed E-state index contributed by atoms with van der Waals surface area (Å²) in [5, 5.41) is 9.43.